The van der Waals surface area contributed by atoms with Gasteiger partial charge in [-0.05, 0) is 20.8 Å². The number of ether oxygens (including phenoxy) is 2. The number of esters is 1. The van der Waals surface area contributed by atoms with E-state index in [-0.39, 0.29) is 0 Å². The number of imide groups is 1. The molecule has 2 amide bonds. The van der Waals surface area contributed by atoms with Gasteiger partial charge in [0.2, 0.25) is 0 Å². The number of nitrogens with zero attached hydrogens (tertiary/aromatic N) is 1. The Morgan fingerprint density at radius 1 is 1.47 bits per heavy atom. The first-order chi connectivity index (χ1) is 7.72. The Hall–Kier alpha value is -1.63. The summed E-state index contributed by atoms with van der Waals surface area (Å²) < 4.78 is 9.35. The molecule has 1 fully saturated rings. The lowest BCUT2D eigenvalue weighted by Gasteiger charge is -2.24. The molecule has 1 saturated heterocycles. The summed E-state index contributed by atoms with van der Waals surface area (Å²) in [6.45, 7) is 4.44. The number of carbonyl (C=O) groups excluding carboxylic acids is 3. The molecule has 0 aromatic rings. The zero-order valence-electron chi connectivity index (χ0n) is 10.2. The molecule has 0 aromatic carbocycles. The number of cyclic esters (lactones) is 1. The van der Waals surface area contributed by atoms with Gasteiger partial charge in [0.05, 0.1) is 13.2 Å². The summed E-state index contributed by atoms with van der Waals surface area (Å²) in [5, 5.41) is 0. The van der Waals surface area contributed by atoms with Crippen LogP contribution in [0.3, 0.4) is 0 Å². The van der Waals surface area contributed by atoms with Crippen molar-refractivity contribution in [2.75, 3.05) is 7.11 Å². The minimum absolute atomic E-state index is 0.519. The van der Waals surface area contributed by atoms with Gasteiger partial charge in [0.25, 0.3) is 5.91 Å². The average Bonchev–Trinajstić information content (AvgIpc) is 2.45. The third-order valence-corrected chi connectivity index (χ3v) is 2.67. The van der Waals surface area contributed by atoms with Crippen molar-refractivity contribution >= 4 is 18.0 Å². The lowest BCUT2D eigenvalue weighted by molar-refractivity contribution is -0.144. The fourth-order valence-corrected chi connectivity index (χ4v) is 1.53. The van der Waals surface area contributed by atoms with Gasteiger partial charge in [-0.1, -0.05) is 0 Å². The van der Waals surface area contributed by atoms with E-state index in [1.807, 2.05) is 0 Å². The number of carbonyl (C=O) groups is 3. The normalized spacial score (nSPS) is 22.1. The van der Waals surface area contributed by atoms with Crippen LogP contribution in [0.2, 0.25) is 0 Å². The molecule has 0 unspecified atom stereocenters. The third-order valence-electron chi connectivity index (χ3n) is 2.67. The zero-order valence-corrected chi connectivity index (χ0v) is 10.2. The maximum Gasteiger partial charge on any atom is 0.418 e. The highest BCUT2D eigenvalue weighted by atomic mass is 16.6. The highest BCUT2D eigenvalue weighted by Gasteiger charge is 2.50. The monoisotopic (exact) mass is 244 g/mol. The molecule has 0 aliphatic carbocycles. The van der Waals surface area contributed by atoms with E-state index in [1.54, 1.807) is 0 Å². The van der Waals surface area contributed by atoms with Gasteiger partial charge in [-0.2, -0.15) is 0 Å². The number of hydrogen-bond acceptors (Lipinski definition) is 6. The highest BCUT2D eigenvalue weighted by Crippen LogP contribution is 2.26. The highest BCUT2D eigenvalue weighted by molar-refractivity contribution is 6.03. The summed E-state index contributed by atoms with van der Waals surface area (Å²) in [4.78, 5) is 35.5. The maximum absolute atomic E-state index is 11.9. The summed E-state index contributed by atoms with van der Waals surface area (Å²) in [5.41, 5.74) is 4.37. The molecule has 0 spiro atoms. The van der Waals surface area contributed by atoms with Crippen LogP contribution in [-0.4, -0.2) is 47.7 Å². The van der Waals surface area contributed by atoms with Gasteiger partial charge in [0, 0.05) is 0 Å². The standard InChI is InChI=1S/C10H16N2O5/c1-5(6(11)7(13)16-4)12-8(14)10(2,3)17-9(12)15/h5-6H,11H2,1-4H3/t5-,6+/m0/s1. The molecule has 17 heavy (non-hydrogen) atoms. The summed E-state index contributed by atoms with van der Waals surface area (Å²) in [6.07, 6.45) is -0.799. The van der Waals surface area contributed by atoms with Crippen LogP contribution in [0.15, 0.2) is 0 Å². The largest absolute Gasteiger partial charge is 0.468 e. The smallest absolute Gasteiger partial charge is 0.418 e. The van der Waals surface area contributed by atoms with Crippen LogP contribution in [0.1, 0.15) is 20.8 Å². The summed E-state index contributed by atoms with van der Waals surface area (Å²) in [7, 11) is 1.18. The van der Waals surface area contributed by atoms with E-state index in [1.165, 1.54) is 27.9 Å². The minimum atomic E-state index is -1.22. The molecule has 1 rings (SSSR count). The van der Waals surface area contributed by atoms with Gasteiger partial charge in [0.1, 0.15) is 6.04 Å². The zero-order chi connectivity index (χ0) is 13.4. The van der Waals surface area contributed by atoms with Gasteiger partial charge >= 0.3 is 12.1 Å². The minimum Gasteiger partial charge on any atom is -0.468 e. The topological polar surface area (TPSA) is 98.9 Å². The van der Waals surface area contributed by atoms with Crippen LogP contribution < -0.4 is 5.73 Å². The lowest BCUT2D eigenvalue weighted by Crippen LogP contribution is -2.53. The molecule has 1 aliphatic heterocycles. The second kappa shape index (κ2) is 4.33. The summed E-state index contributed by atoms with van der Waals surface area (Å²) in [5.74, 6) is -1.21. The third kappa shape index (κ3) is 2.23. The predicted octanol–water partition coefficient (Wildman–Crippen LogP) is -0.367. The van der Waals surface area contributed by atoms with Crippen LogP contribution >= 0.6 is 0 Å². The van der Waals surface area contributed by atoms with E-state index in [2.05, 4.69) is 4.74 Å². The van der Waals surface area contributed by atoms with Crippen molar-refractivity contribution in [3.8, 4) is 0 Å². The van der Waals surface area contributed by atoms with Gasteiger partial charge in [-0.25, -0.2) is 9.69 Å². The predicted molar refractivity (Wildman–Crippen MR) is 56.9 cm³/mol. The Labute approximate surface area is 98.8 Å². The van der Waals surface area contributed by atoms with Crippen LogP contribution in [0.4, 0.5) is 4.79 Å². The quantitative estimate of drug-likeness (QED) is 0.680. The molecular weight excluding hydrogens is 228 g/mol. The van der Waals surface area contributed by atoms with Gasteiger partial charge in [-0.15, -0.1) is 0 Å². The molecule has 96 valence electrons. The molecule has 1 aliphatic rings. The molecule has 0 aromatic heterocycles. The summed E-state index contributed by atoms with van der Waals surface area (Å²) in [6, 6.07) is -1.91. The Bertz CT molecular complexity index is 366. The molecule has 2 N–H and O–H groups in total. The molecule has 2 atom stereocenters. The van der Waals surface area contributed by atoms with E-state index < -0.39 is 35.7 Å². The summed E-state index contributed by atoms with van der Waals surface area (Å²) >= 11 is 0. The van der Waals surface area contributed by atoms with E-state index in [4.69, 9.17) is 10.5 Å². The average molecular weight is 244 g/mol. The number of rotatable bonds is 3. The van der Waals surface area contributed by atoms with Gasteiger partial charge < -0.3 is 15.2 Å². The SMILES string of the molecule is COC(=O)[C@H](N)[C@H](C)N1C(=O)OC(C)(C)C1=O. The first-order valence-corrected chi connectivity index (χ1v) is 5.12. The Kier molecular flexibility index (Phi) is 3.42. The molecule has 0 saturated carbocycles. The second-order valence-corrected chi connectivity index (χ2v) is 4.34. The fourth-order valence-electron chi connectivity index (χ4n) is 1.53. The Morgan fingerprint density at radius 2 is 2.00 bits per heavy atom. The Morgan fingerprint density at radius 3 is 2.35 bits per heavy atom. The van der Waals surface area contributed by atoms with E-state index in [9.17, 15) is 14.4 Å². The van der Waals surface area contributed by atoms with Crippen molar-refractivity contribution in [1.29, 1.82) is 0 Å². The molecule has 7 heteroatoms. The lowest BCUT2D eigenvalue weighted by atomic mass is 10.1. The van der Waals surface area contributed by atoms with Crippen LogP contribution in [-0.2, 0) is 19.1 Å². The van der Waals surface area contributed by atoms with Crippen molar-refractivity contribution in [3.05, 3.63) is 0 Å². The van der Waals surface area contributed by atoms with Gasteiger partial charge in [0.15, 0.2) is 5.60 Å². The first kappa shape index (κ1) is 13.4. The molecule has 1 heterocycles. The van der Waals surface area contributed by atoms with E-state index in [0.717, 1.165) is 4.90 Å². The van der Waals surface area contributed by atoms with Crippen molar-refractivity contribution in [2.45, 2.75) is 38.5 Å². The van der Waals surface area contributed by atoms with Crippen molar-refractivity contribution in [3.63, 3.8) is 0 Å². The van der Waals surface area contributed by atoms with Crippen LogP contribution in [0, 0.1) is 0 Å². The number of hydrogen-bond donors (Lipinski definition) is 1. The van der Waals surface area contributed by atoms with Crippen molar-refractivity contribution < 1.29 is 23.9 Å². The number of amides is 2. The van der Waals surface area contributed by atoms with Crippen LogP contribution in [0.25, 0.3) is 0 Å². The van der Waals surface area contributed by atoms with Crippen molar-refractivity contribution in [2.24, 2.45) is 5.73 Å². The number of methoxy groups -OCH3 is 1. The Balaban J connectivity index is 2.90. The molecular formula is C10H16N2O5. The van der Waals surface area contributed by atoms with Gasteiger partial charge in [-0.3, -0.25) is 9.59 Å². The fraction of sp³-hybridized carbons (Fsp3) is 0.700. The molecule has 0 bridgehead atoms. The second-order valence-electron chi connectivity index (χ2n) is 4.34. The van der Waals surface area contributed by atoms with E-state index >= 15 is 0 Å². The van der Waals surface area contributed by atoms with Crippen molar-refractivity contribution in [1.82, 2.24) is 4.90 Å². The number of nitrogens with two attached hydrogens (primary N) is 1. The molecule has 0 radical (unpaired) electrons. The van der Waals surface area contributed by atoms with Crippen LogP contribution in [0.5, 0.6) is 0 Å². The first-order valence-electron chi connectivity index (χ1n) is 5.12. The van der Waals surface area contributed by atoms with E-state index in [0.29, 0.717) is 0 Å². The molecule has 7 nitrogen and oxygen atoms in total. The maximum atomic E-state index is 11.9.